The number of benzene rings is 1. The van der Waals surface area contributed by atoms with Crippen molar-refractivity contribution < 1.29 is 0 Å². The molecule has 1 aromatic heterocycles. The summed E-state index contributed by atoms with van der Waals surface area (Å²) in [6, 6.07) is 8.64. The van der Waals surface area contributed by atoms with E-state index in [-0.39, 0.29) is 6.04 Å². The Balaban J connectivity index is 1.96. The highest BCUT2D eigenvalue weighted by atomic mass is 35.5. The van der Waals surface area contributed by atoms with E-state index in [2.05, 4.69) is 36.0 Å². The molecule has 0 radical (unpaired) electrons. The summed E-state index contributed by atoms with van der Waals surface area (Å²) in [7, 11) is 0. The fourth-order valence-corrected chi connectivity index (χ4v) is 3.11. The van der Waals surface area contributed by atoms with E-state index in [0.717, 1.165) is 12.0 Å². The molecule has 0 bridgehead atoms. The topological polar surface area (TPSA) is 12.0 Å². The van der Waals surface area contributed by atoms with Gasteiger partial charge in [0.2, 0.25) is 0 Å². The first kappa shape index (κ1) is 14.9. The van der Waals surface area contributed by atoms with Crippen molar-refractivity contribution in [3.63, 3.8) is 0 Å². The van der Waals surface area contributed by atoms with Crippen LogP contribution < -0.4 is 5.32 Å². The number of nitrogens with one attached hydrogen (secondary N) is 1. The van der Waals surface area contributed by atoms with Crippen LogP contribution in [0.25, 0.3) is 0 Å². The third-order valence-corrected chi connectivity index (χ3v) is 4.57. The Bertz CT molecular complexity index is 525. The largest absolute Gasteiger partial charge is 0.307 e. The van der Waals surface area contributed by atoms with E-state index >= 15 is 0 Å². The molecule has 0 amide bonds. The summed E-state index contributed by atoms with van der Waals surface area (Å²) in [6.07, 6.45) is 1.04. The van der Waals surface area contributed by atoms with Gasteiger partial charge in [0.05, 0.1) is 10.0 Å². The second-order valence-electron chi connectivity index (χ2n) is 4.80. The third kappa shape index (κ3) is 4.22. The van der Waals surface area contributed by atoms with E-state index in [1.165, 1.54) is 5.56 Å². The Morgan fingerprint density at radius 1 is 1.16 bits per heavy atom. The highest BCUT2D eigenvalue weighted by Gasteiger charge is 2.11. The molecule has 2 rings (SSSR count). The smallest absolute Gasteiger partial charge is 0.0595 e. The van der Waals surface area contributed by atoms with Crippen molar-refractivity contribution in [3.8, 4) is 0 Å². The lowest BCUT2D eigenvalue weighted by molar-refractivity contribution is 0.477. The molecule has 102 valence electrons. The number of rotatable bonds is 5. The maximum Gasteiger partial charge on any atom is 0.0595 e. The molecule has 1 nitrogen and oxygen atoms in total. The zero-order chi connectivity index (χ0) is 13.8. The third-order valence-electron chi connectivity index (χ3n) is 3.10. The first-order valence-corrected chi connectivity index (χ1v) is 7.98. The second-order valence-corrected chi connectivity index (χ2v) is 6.39. The summed E-state index contributed by atoms with van der Waals surface area (Å²) in [6.45, 7) is 4.34. The summed E-state index contributed by atoms with van der Waals surface area (Å²) >= 11 is 13.7. The Hall–Kier alpha value is -0.540. The van der Waals surface area contributed by atoms with Crippen LogP contribution in [0.2, 0.25) is 10.0 Å². The van der Waals surface area contributed by atoms with Crippen LogP contribution in [0.3, 0.4) is 0 Å². The van der Waals surface area contributed by atoms with E-state index in [1.807, 2.05) is 18.2 Å². The first-order valence-electron chi connectivity index (χ1n) is 6.28. The van der Waals surface area contributed by atoms with E-state index in [9.17, 15) is 0 Å². The molecule has 0 aliphatic heterocycles. The molecule has 2 aromatic rings. The minimum Gasteiger partial charge on any atom is -0.307 e. The summed E-state index contributed by atoms with van der Waals surface area (Å²) in [5, 5.41) is 9.11. The Morgan fingerprint density at radius 2 is 1.95 bits per heavy atom. The average Bonchev–Trinajstić information content (AvgIpc) is 2.85. The second kappa shape index (κ2) is 6.76. The van der Waals surface area contributed by atoms with Gasteiger partial charge in [-0.25, -0.2) is 0 Å². The molecule has 1 aromatic carbocycles. The summed E-state index contributed by atoms with van der Waals surface area (Å²) in [5.41, 5.74) is 2.54. The van der Waals surface area contributed by atoms with Crippen molar-refractivity contribution in [2.75, 3.05) is 0 Å². The van der Waals surface area contributed by atoms with Gasteiger partial charge in [0, 0.05) is 12.1 Å². The first-order chi connectivity index (χ1) is 9.06. The molecule has 0 aliphatic rings. The maximum atomic E-state index is 6.05. The van der Waals surface area contributed by atoms with E-state index < -0.39 is 0 Å². The minimum atomic E-state index is 0.253. The van der Waals surface area contributed by atoms with Gasteiger partial charge in [-0.2, -0.15) is 11.3 Å². The minimum absolute atomic E-state index is 0.253. The van der Waals surface area contributed by atoms with Crippen LogP contribution in [0.15, 0.2) is 35.0 Å². The van der Waals surface area contributed by atoms with Gasteiger partial charge in [0.25, 0.3) is 0 Å². The molecule has 19 heavy (non-hydrogen) atoms. The van der Waals surface area contributed by atoms with Crippen LogP contribution in [-0.4, -0.2) is 6.04 Å². The van der Waals surface area contributed by atoms with Gasteiger partial charge in [0.1, 0.15) is 0 Å². The highest BCUT2D eigenvalue weighted by molar-refractivity contribution is 7.07. The van der Waals surface area contributed by atoms with Gasteiger partial charge in [-0.1, -0.05) is 29.3 Å². The predicted molar refractivity (Wildman–Crippen MR) is 85.5 cm³/mol. The lowest BCUT2D eigenvalue weighted by Gasteiger charge is -2.20. The zero-order valence-electron chi connectivity index (χ0n) is 11.0. The van der Waals surface area contributed by atoms with Gasteiger partial charge in [-0.05, 0) is 60.4 Å². The fraction of sp³-hybridized carbons (Fsp3) is 0.333. The van der Waals surface area contributed by atoms with E-state index in [4.69, 9.17) is 23.2 Å². The summed E-state index contributed by atoms with van der Waals surface area (Å²) in [5.74, 6) is 0. The maximum absolute atomic E-state index is 6.05. The Kier molecular flexibility index (Phi) is 5.28. The quantitative estimate of drug-likeness (QED) is 0.786. The van der Waals surface area contributed by atoms with Gasteiger partial charge < -0.3 is 5.32 Å². The molecule has 1 N–H and O–H groups in total. The summed E-state index contributed by atoms with van der Waals surface area (Å²) in [4.78, 5) is 0. The number of hydrogen-bond acceptors (Lipinski definition) is 2. The SMILES string of the molecule is CC(Cc1ccsc1)NC(C)c1ccc(Cl)c(Cl)c1. The van der Waals surface area contributed by atoms with Crippen LogP contribution in [0, 0.1) is 0 Å². The number of halogens is 2. The van der Waals surface area contributed by atoms with Crippen molar-refractivity contribution in [1.29, 1.82) is 0 Å². The van der Waals surface area contributed by atoms with Crippen LogP contribution in [-0.2, 0) is 6.42 Å². The van der Waals surface area contributed by atoms with Crippen molar-refractivity contribution in [1.82, 2.24) is 5.32 Å². The zero-order valence-corrected chi connectivity index (χ0v) is 13.3. The molecular formula is C15H17Cl2NS. The number of thiophene rings is 1. The lowest BCUT2D eigenvalue weighted by Crippen LogP contribution is -2.30. The normalized spacial score (nSPS) is 14.3. The van der Waals surface area contributed by atoms with Crippen molar-refractivity contribution in [3.05, 3.63) is 56.2 Å². The fourth-order valence-electron chi connectivity index (χ4n) is 2.13. The Labute approximate surface area is 128 Å². The van der Waals surface area contributed by atoms with Crippen molar-refractivity contribution in [2.24, 2.45) is 0 Å². The molecule has 0 saturated heterocycles. The standard InChI is InChI=1S/C15H17Cl2NS/c1-10(7-12-5-6-19-9-12)18-11(2)13-3-4-14(16)15(17)8-13/h3-6,8-11,18H,7H2,1-2H3. The summed E-state index contributed by atoms with van der Waals surface area (Å²) < 4.78 is 0. The molecule has 2 atom stereocenters. The van der Waals surface area contributed by atoms with Crippen LogP contribution in [0.5, 0.6) is 0 Å². The molecule has 0 saturated carbocycles. The number of hydrogen-bond donors (Lipinski definition) is 1. The predicted octanol–water partition coefficient (Wildman–Crippen LogP) is 5.34. The van der Waals surface area contributed by atoms with Crippen molar-refractivity contribution in [2.45, 2.75) is 32.4 Å². The van der Waals surface area contributed by atoms with Crippen LogP contribution in [0.4, 0.5) is 0 Å². The van der Waals surface area contributed by atoms with Gasteiger partial charge in [-0.3, -0.25) is 0 Å². The molecule has 2 unspecified atom stereocenters. The van der Waals surface area contributed by atoms with E-state index in [0.29, 0.717) is 16.1 Å². The van der Waals surface area contributed by atoms with Gasteiger partial charge in [-0.15, -0.1) is 0 Å². The monoisotopic (exact) mass is 313 g/mol. The molecule has 0 fully saturated rings. The molecule has 1 heterocycles. The van der Waals surface area contributed by atoms with Gasteiger partial charge >= 0.3 is 0 Å². The highest BCUT2D eigenvalue weighted by Crippen LogP contribution is 2.25. The molecule has 0 aliphatic carbocycles. The molecular weight excluding hydrogens is 297 g/mol. The van der Waals surface area contributed by atoms with E-state index in [1.54, 1.807) is 11.3 Å². The lowest BCUT2D eigenvalue weighted by atomic mass is 10.1. The average molecular weight is 314 g/mol. The Morgan fingerprint density at radius 3 is 2.58 bits per heavy atom. The molecule has 4 heteroatoms. The van der Waals surface area contributed by atoms with Crippen LogP contribution >= 0.6 is 34.5 Å². The van der Waals surface area contributed by atoms with Crippen LogP contribution in [0.1, 0.15) is 31.0 Å². The van der Waals surface area contributed by atoms with Crippen molar-refractivity contribution >= 4 is 34.5 Å². The molecule has 0 spiro atoms. The van der Waals surface area contributed by atoms with Gasteiger partial charge in [0.15, 0.2) is 0 Å².